The Bertz CT molecular complexity index is 1050. The fourth-order valence-corrected chi connectivity index (χ4v) is 2.39. The van der Waals surface area contributed by atoms with E-state index in [1.54, 1.807) is 13.0 Å². The first-order valence-electron chi connectivity index (χ1n) is 8.17. The summed E-state index contributed by atoms with van der Waals surface area (Å²) in [5, 5.41) is 14.7. The van der Waals surface area contributed by atoms with Crippen molar-refractivity contribution in [1.82, 2.24) is 19.7 Å². The van der Waals surface area contributed by atoms with Gasteiger partial charge in [-0.2, -0.15) is 23.3 Å². The van der Waals surface area contributed by atoms with Crippen molar-refractivity contribution in [3.63, 3.8) is 0 Å². The van der Waals surface area contributed by atoms with Crippen LogP contribution in [0.3, 0.4) is 0 Å². The van der Waals surface area contributed by atoms with Crippen molar-refractivity contribution < 1.29 is 27.2 Å². The van der Waals surface area contributed by atoms with Crippen molar-refractivity contribution in [2.45, 2.75) is 19.5 Å². The summed E-state index contributed by atoms with van der Waals surface area (Å²) in [6, 6.07) is 4.46. The van der Waals surface area contributed by atoms with Gasteiger partial charge in [0.2, 0.25) is 0 Å². The highest BCUT2D eigenvalue weighted by Gasteiger charge is 2.27. The topological polar surface area (TPSA) is 96.0 Å². The van der Waals surface area contributed by atoms with Crippen LogP contribution in [0.1, 0.15) is 12.1 Å². The third kappa shape index (κ3) is 5.03. The standard InChI is InChI=1S/C17H13F4N5O3/c1-10-6-14(24-16(23-10)29-5-4-17(19,20)21)11-8-22-25(9-11)15-3-2-12(26(27)28)7-13(15)18/h2-3,6-9H,4-5H2,1H3. The van der Waals surface area contributed by atoms with E-state index in [0.29, 0.717) is 17.0 Å². The number of nitro benzene ring substituents is 1. The zero-order valence-electron chi connectivity index (χ0n) is 14.9. The number of nitrogens with zero attached hydrogens (tertiary/aromatic N) is 5. The predicted octanol–water partition coefficient (Wildman–Crippen LogP) is 4.02. The summed E-state index contributed by atoms with van der Waals surface area (Å²) in [7, 11) is 0. The lowest BCUT2D eigenvalue weighted by Gasteiger charge is -2.08. The van der Waals surface area contributed by atoms with E-state index in [1.807, 2.05) is 0 Å². The Hall–Kier alpha value is -3.57. The Morgan fingerprint density at radius 3 is 2.66 bits per heavy atom. The Balaban J connectivity index is 1.84. The van der Waals surface area contributed by atoms with Gasteiger partial charge < -0.3 is 4.74 Å². The summed E-state index contributed by atoms with van der Waals surface area (Å²) in [6.07, 6.45) is -2.72. The second-order valence-corrected chi connectivity index (χ2v) is 5.96. The molecule has 0 aliphatic rings. The van der Waals surface area contributed by atoms with Crippen LogP contribution in [0.25, 0.3) is 16.9 Å². The van der Waals surface area contributed by atoms with Gasteiger partial charge in [-0.15, -0.1) is 0 Å². The van der Waals surface area contributed by atoms with Gasteiger partial charge in [-0.25, -0.2) is 14.1 Å². The maximum atomic E-state index is 14.2. The molecule has 0 aliphatic carbocycles. The molecule has 3 aromatic rings. The summed E-state index contributed by atoms with van der Waals surface area (Å²) in [4.78, 5) is 18.0. The SMILES string of the molecule is Cc1cc(-c2cnn(-c3ccc([N+](=O)[O-])cc3F)c2)nc(OCCC(F)(F)F)n1. The molecule has 0 aliphatic heterocycles. The number of halogens is 4. The maximum Gasteiger partial charge on any atom is 0.392 e. The second-order valence-electron chi connectivity index (χ2n) is 5.96. The van der Waals surface area contributed by atoms with Gasteiger partial charge in [0.15, 0.2) is 5.82 Å². The van der Waals surface area contributed by atoms with Crippen molar-refractivity contribution in [2.75, 3.05) is 6.61 Å². The second kappa shape index (κ2) is 7.81. The Morgan fingerprint density at radius 2 is 2.00 bits per heavy atom. The van der Waals surface area contributed by atoms with Crippen LogP contribution in [0, 0.1) is 22.9 Å². The average Bonchev–Trinajstić information content (AvgIpc) is 3.10. The molecular weight excluding hydrogens is 398 g/mol. The first kappa shape index (κ1) is 20.2. The van der Waals surface area contributed by atoms with Gasteiger partial charge in [-0.3, -0.25) is 10.1 Å². The number of benzene rings is 1. The van der Waals surface area contributed by atoms with Crippen LogP contribution in [0.15, 0.2) is 36.7 Å². The smallest absolute Gasteiger partial charge is 0.392 e. The van der Waals surface area contributed by atoms with E-state index in [1.165, 1.54) is 18.5 Å². The lowest BCUT2D eigenvalue weighted by atomic mass is 10.2. The van der Waals surface area contributed by atoms with Crippen molar-refractivity contribution in [2.24, 2.45) is 0 Å². The molecule has 152 valence electrons. The molecule has 1 aromatic carbocycles. The van der Waals surface area contributed by atoms with Gasteiger partial charge in [0, 0.05) is 23.5 Å². The summed E-state index contributed by atoms with van der Waals surface area (Å²) in [6.45, 7) is 0.988. The number of alkyl halides is 3. The van der Waals surface area contributed by atoms with E-state index >= 15 is 0 Å². The normalized spacial score (nSPS) is 11.5. The first-order chi connectivity index (χ1) is 13.6. The third-order valence-corrected chi connectivity index (χ3v) is 3.72. The monoisotopic (exact) mass is 411 g/mol. The summed E-state index contributed by atoms with van der Waals surface area (Å²) in [5.41, 5.74) is 0.772. The lowest BCUT2D eigenvalue weighted by molar-refractivity contribution is -0.385. The highest BCUT2D eigenvalue weighted by atomic mass is 19.4. The molecule has 29 heavy (non-hydrogen) atoms. The largest absolute Gasteiger partial charge is 0.463 e. The minimum atomic E-state index is -4.36. The third-order valence-electron chi connectivity index (χ3n) is 3.72. The Kier molecular flexibility index (Phi) is 5.43. The molecule has 2 heterocycles. The minimum Gasteiger partial charge on any atom is -0.463 e. The summed E-state index contributed by atoms with van der Waals surface area (Å²) < 4.78 is 57.1. The summed E-state index contributed by atoms with van der Waals surface area (Å²) in [5.74, 6) is -0.844. The van der Waals surface area contributed by atoms with Crippen molar-refractivity contribution in [3.05, 3.63) is 58.3 Å². The van der Waals surface area contributed by atoms with Crippen LogP contribution in [0.5, 0.6) is 6.01 Å². The molecule has 0 spiro atoms. The molecule has 0 atom stereocenters. The highest BCUT2D eigenvalue weighted by Crippen LogP contribution is 2.24. The van der Waals surface area contributed by atoms with E-state index in [0.717, 1.165) is 16.8 Å². The Morgan fingerprint density at radius 1 is 1.24 bits per heavy atom. The molecule has 0 saturated carbocycles. The molecular formula is C17H13F4N5O3. The first-order valence-corrected chi connectivity index (χ1v) is 8.17. The number of aromatic nitrogens is 4. The number of aryl methyl sites for hydroxylation is 1. The molecule has 8 nitrogen and oxygen atoms in total. The molecule has 0 saturated heterocycles. The zero-order chi connectivity index (χ0) is 21.2. The molecule has 0 bridgehead atoms. The van der Waals surface area contributed by atoms with Gasteiger partial charge in [0.05, 0.1) is 29.3 Å². The molecule has 2 aromatic heterocycles. The molecule has 0 unspecified atom stereocenters. The molecule has 12 heteroatoms. The summed E-state index contributed by atoms with van der Waals surface area (Å²) >= 11 is 0. The van der Waals surface area contributed by atoms with E-state index in [2.05, 4.69) is 15.1 Å². The minimum absolute atomic E-state index is 0.0192. The predicted molar refractivity (Wildman–Crippen MR) is 92.1 cm³/mol. The molecule has 0 fully saturated rings. The van der Waals surface area contributed by atoms with E-state index in [4.69, 9.17) is 4.74 Å². The number of ether oxygens (including phenoxy) is 1. The van der Waals surface area contributed by atoms with Gasteiger partial charge in [0.25, 0.3) is 5.69 Å². The van der Waals surface area contributed by atoms with E-state index in [-0.39, 0.29) is 11.7 Å². The number of hydrogen-bond acceptors (Lipinski definition) is 6. The highest BCUT2D eigenvalue weighted by molar-refractivity contribution is 5.58. The number of nitro groups is 1. The van der Waals surface area contributed by atoms with Crippen molar-refractivity contribution >= 4 is 5.69 Å². The fourth-order valence-electron chi connectivity index (χ4n) is 2.39. The van der Waals surface area contributed by atoms with Gasteiger partial charge in [-0.05, 0) is 19.1 Å². The fraction of sp³-hybridized carbons (Fsp3) is 0.235. The Labute approximate surface area is 160 Å². The number of hydrogen-bond donors (Lipinski definition) is 0. The van der Waals surface area contributed by atoms with Crippen LogP contribution in [0.2, 0.25) is 0 Å². The van der Waals surface area contributed by atoms with Gasteiger partial charge in [-0.1, -0.05) is 0 Å². The van der Waals surface area contributed by atoms with Crippen molar-refractivity contribution in [1.29, 1.82) is 0 Å². The van der Waals surface area contributed by atoms with E-state index in [9.17, 15) is 27.7 Å². The van der Waals surface area contributed by atoms with Crippen LogP contribution in [-0.4, -0.2) is 37.5 Å². The number of rotatable bonds is 6. The molecule has 0 amide bonds. The van der Waals surface area contributed by atoms with Crippen molar-refractivity contribution in [3.8, 4) is 23.0 Å². The van der Waals surface area contributed by atoms with Crippen LogP contribution < -0.4 is 4.74 Å². The maximum absolute atomic E-state index is 14.2. The lowest BCUT2D eigenvalue weighted by Crippen LogP contribution is -2.14. The quantitative estimate of drug-likeness (QED) is 0.345. The molecule has 0 N–H and O–H groups in total. The van der Waals surface area contributed by atoms with Crippen LogP contribution in [0.4, 0.5) is 23.2 Å². The van der Waals surface area contributed by atoms with Crippen LogP contribution in [-0.2, 0) is 0 Å². The molecule has 3 rings (SSSR count). The van der Waals surface area contributed by atoms with Gasteiger partial charge >= 0.3 is 12.2 Å². The van der Waals surface area contributed by atoms with Crippen LogP contribution >= 0.6 is 0 Å². The number of non-ortho nitro benzene ring substituents is 1. The van der Waals surface area contributed by atoms with Gasteiger partial charge in [0.1, 0.15) is 12.3 Å². The average molecular weight is 411 g/mol. The molecule has 0 radical (unpaired) electrons. The van der Waals surface area contributed by atoms with E-state index < -0.39 is 35.6 Å². The zero-order valence-corrected chi connectivity index (χ0v) is 14.9.